The highest BCUT2D eigenvalue weighted by molar-refractivity contribution is 6.30. The summed E-state index contributed by atoms with van der Waals surface area (Å²) in [6, 6.07) is 6.64. The average molecular weight is 310 g/mol. The summed E-state index contributed by atoms with van der Waals surface area (Å²) in [5.41, 5.74) is 5.58. The third-order valence-corrected chi connectivity index (χ3v) is 4.44. The van der Waals surface area contributed by atoms with Crippen molar-refractivity contribution in [2.45, 2.75) is 38.1 Å². The fourth-order valence-corrected chi connectivity index (χ4v) is 2.81. The van der Waals surface area contributed by atoms with Crippen LogP contribution >= 0.6 is 11.6 Å². The minimum Gasteiger partial charge on any atom is -0.409 e. The van der Waals surface area contributed by atoms with Crippen molar-refractivity contribution in [1.82, 2.24) is 5.32 Å². The van der Waals surface area contributed by atoms with Gasteiger partial charge in [-0.15, -0.1) is 0 Å². The minimum atomic E-state index is -0.766. The van der Waals surface area contributed by atoms with Gasteiger partial charge in [0.05, 0.1) is 0 Å². The highest BCUT2D eigenvalue weighted by atomic mass is 35.5. The van der Waals surface area contributed by atoms with E-state index in [4.69, 9.17) is 22.5 Å². The number of hydrogen-bond acceptors (Lipinski definition) is 3. The maximum Gasteiger partial charge on any atom is 0.252 e. The zero-order chi connectivity index (χ0) is 15.5. The molecule has 1 fully saturated rings. The molecule has 1 saturated carbocycles. The Morgan fingerprint density at radius 3 is 2.48 bits per heavy atom. The van der Waals surface area contributed by atoms with Crippen LogP contribution in [-0.2, 0) is 0 Å². The number of amidine groups is 1. The summed E-state index contributed by atoms with van der Waals surface area (Å²) >= 11 is 5.82. The second-order valence-electron chi connectivity index (χ2n) is 5.71. The predicted molar refractivity (Wildman–Crippen MR) is 82.7 cm³/mol. The second-order valence-corrected chi connectivity index (χ2v) is 6.15. The van der Waals surface area contributed by atoms with Gasteiger partial charge in [0.2, 0.25) is 0 Å². The molecule has 0 atom stereocenters. The van der Waals surface area contributed by atoms with Gasteiger partial charge in [-0.05, 0) is 55.9 Å². The van der Waals surface area contributed by atoms with E-state index in [0.29, 0.717) is 29.3 Å². The van der Waals surface area contributed by atoms with Crippen LogP contribution in [0.5, 0.6) is 0 Å². The Bertz CT molecular complexity index is 534. The summed E-state index contributed by atoms with van der Waals surface area (Å²) in [7, 11) is 0. The quantitative estimate of drug-likeness (QED) is 0.347. The molecule has 0 unspecified atom stereocenters. The van der Waals surface area contributed by atoms with E-state index in [1.165, 1.54) is 0 Å². The number of amides is 1. The summed E-state index contributed by atoms with van der Waals surface area (Å²) in [5.74, 6) is 0.404. The Hall–Kier alpha value is -1.75. The van der Waals surface area contributed by atoms with Crippen LogP contribution in [-0.4, -0.2) is 22.5 Å². The van der Waals surface area contributed by atoms with Crippen LogP contribution in [0.15, 0.2) is 29.4 Å². The summed E-state index contributed by atoms with van der Waals surface area (Å²) in [4.78, 5) is 12.4. The van der Waals surface area contributed by atoms with Crippen molar-refractivity contribution in [3.05, 3.63) is 34.9 Å². The molecule has 114 valence electrons. The molecule has 0 saturated heterocycles. The molecule has 21 heavy (non-hydrogen) atoms. The average Bonchev–Trinajstić information content (AvgIpc) is 2.49. The fraction of sp³-hybridized carbons (Fsp3) is 0.467. The highest BCUT2D eigenvalue weighted by Gasteiger charge is 2.39. The van der Waals surface area contributed by atoms with Crippen molar-refractivity contribution < 1.29 is 10.0 Å². The Morgan fingerprint density at radius 2 is 1.95 bits per heavy atom. The van der Waals surface area contributed by atoms with Crippen LogP contribution in [0.25, 0.3) is 0 Å². The summed E-state index contributed by atoms with van der Waals surface area (Å²) in [6.07, 6.45) is 3.20. The molecule has 1 aliphatic carbocycles. The first-order valence-electron chi connectivity index (χ1n) is 7.03. The van der Waals surface area contributed by atoms with E-state index in [1.54, 1.807) is 24.3 Å². The third-order valence-electron chi connectivity index (χ3n) is 4.19. The molecular formula is C15H20ClN3O2. The van der Waals surface area contributed by atoms with Crippen LogP contribution in [0.4, 0.5) is 0 Å². The molecule has 5 nitrogen and oxygen atoms in total. The zero-order valence-corrected chi connectivity index (χ0v) is 12.7. The molecule has 6 heteroatoms. The molecular weight excluding hydrogens is 290 g/mol. The van der Waals surface area contributed by atoms with E-state index in [1.807, 2.05) is 0 Å². The Morgan fingerprint density at radius 1 is 1.38 bits per heavy atom. The lowest BCUT2D eigenvalue weighted by atomic mass is 9.76. The lowest BCUT2D eigenvalue weighted by Crippen LogP contribution is -2.59. The van der Waals surface area contributed by atoms with Crippen molar-refractivity contribution in [3.8, 4) is 0 Å². The molecule has 0 bridgehead atoms. The molecule has 0 heterocycles. The van der Waals surface area contributed by atoms with Gasteiger partial charge >= 0.3 is 0 Å². The zero-order valence-electron chi connectivity index (χ0n) is 12.0. The number of hydrogen-bond donors (Lipinski definition) is 3. The highest BCUT2D eigenvalue weighted by Crippen LogP contribution is 2.32. The van der Waals surface area contributed by atoms with Gasteiger partial charge in [0, 0.05) is 10.6 Å². The molecule has 4 N–H and O–H groups in total. The first kappa shape index (κ1) is 15.6. The fourth-order valence-electron chi connectivity index (χ4n) is 2.69. The SMILES string of the molecule is CC1CCC(NC(=O)c2ccc(Cl)cc2)(/C(N)=N/O)CC1. The predicted octanol–water partition coefficient (Wildman–Crippen LogP) is 2.77. The van der Waals surface area contributed by atoms with Crippen molar-refractivity contribution in [3.63, 3.8) is 0 Å². The number of nitrogens with one attached hydrogen (secondary N) is 1. The lowest BCUT2D eigenvalue weighted by Gasteiger charge is -2.39. The second kappa shape index (κ2) is 6.35. The van der Waals surface area contributed by atoms with Crippen LogP contribution in [0, 0.1) is 5.92 Å². The van der Waals surface area contributed by atoms with Gasteiger partial charge in [-0.1, -0.05) is 23.7 Å². The molecule has 0 aliphatic heterocycles. The van der Waals surface area contributed by atoms with Crippen molar-refractivity contribution in [1.29, 1.82) is 0 Å². The molecule has 2 rings (SSSR count). The van der Waals surface area contributed by atoms with E-state index in [0.717, 1.165) is 12.8 Å². The number of benzene rings is 1. The van der Waals surface area contributed by atoms with Crippen molar-refractivity contribution in [2.75, 3.05) is 0 Å². The first-order valence-corrected chi connectivity index (χ1v) is 7.41. The molecule has 1 aliphatic rings. The summed E-state index contributed by atoms with van der Waals surface area (Å²) in [6.45, 7) is 2.16. The van der Waals surface area contributed by atoms with Crippen LogP contribution in [0.2, 0.25) is 5.02 Å². The lowest BCUT2D eigenvalue weighted by molar-refractivity contribution is 0.0897. The van der Waals surface area contributed by atoms with Gasteiger partial charge in [0.1, 0.15) is 5.54 Å². The Kier molecular flexibility index (Phi) is 4.73. The summed E-state index contributed by atoms with van der Waals surface area (Å²) < 4.78 is 0. The number of rotatable bonds is 3. The van der Waals surface area contributed by atoms with E-state index in [2.05, 4.69) is 17.4 Å². The standard InChI is InChI=1S/C15H20ClN3O2/c1-10-6-8-15(9-7-10,14(17)19-21)18-13(20)11-2-4-12(16)5-3-11/h2-5,10,21H,6-9H2,1H3,(H2,17,19)(H,18,20). The molecule has 1 aromatic rings. The van der Waals surface area contributed by atoms with Crippen LogP contribution < -0.4 is 11.1 Å². The van der Waals surface area contributed by atoms with E-state index >= 15 is 0 Å². The van der Waals surface area contributed by atoms with Gasteiger partial charge < -0.3 is 16.3 Å². The number of halogens is 1. The number of oxime groups is 1. The Balaban J connectivity index is 2.19. The van der Waals surface area contributed by atoms with E-state index < -0.39 is 5.54 Å². The first-order chi connectivity index (χ1) is 9.97. The maximum atomic E-state index is 12.4. The third kappa shape index (κ3) is 3.47. The maximum absolute atomic E-state index is 12.4. The number of carbonyl (C=O) groups excluding carboxylic acids is 1. The molecule has 1 aromatic carbocycles. The van der Waals surface area contributed by atoms with E-state index in [9.17, 15) is 4.79 Å². The van der Waals surface area contributed by atoms with Gasteiger partial charge in [-0.2, -0.15) is 0 Å². The smallest absolute Gasteiger partial charge is 0.252 e. The molecule has 0 spiro atoms. The normalized spacial score (nSPS) is 26.4. The van der Waals surface area contributed by atoms with Crippen LogP contribution in [0.1, 0.15) is 43.0 Å². The van der Waals surface area contributed by atoms with Gasteiger partial charge in [-0.3, -0.25) is 4.79 Å². The molecule has 0 radical (unpaired) electrons. The topological polar surface area (TPSA) is 87.7 Å². The minimum absolute atomic E-state index is 0.0664. The van der Waals surface area contributed by atoms with Gasteiger partial charge in [0.25, 0.3) is 5.91 Å². The van der Waals surface area contributed by atoms with E-state index in [-0.39, 0.29) is 11.7 Å². The van der Waals surface area contributed by atoms with Gasteiger partial charge in [0.15, 0.2) is 5.84 Å². The number of carbonyl (C=O) groups is 1. The largest absolute Gasteiger partial charge is 0.409 e. The number of nitrogens with zero attached hydrogens (tertiary/aromatic N) is 1. The Labute approximate surface area is 129 Å². The summed E-state index contributed by atoms with van der Waals surface area (Å²) in [5, 5.41) is 15.7. The molecule has 1 amide bonds. The van der Waals surface area contributed by atoms with Crippen molar-refractivity contribution in [2.24, 2.45) is 16.8 Å². The number of nitrogens with two attached hydrogens (primary N) is 1. The van der Waals surface area contributed by atoms with Gasteiger partial charge in [-0.25, -0.2) is 0 Å². The van der Waals surface area contributed by atoms with Crippen LogP contribution in [0.3, 0.4) is 0 Å². The van der Waals surface area contributed by atoms with Crippen molar-refractivity contribution >= 4 is 23.3 Å². The monoisotopic (exact) mass is 309 g/mol. The molecule has 0 aromatic heterocycles.